The minimum Gasteiger partial charge on any atom is -0.507 e. The highest BCUT2D eigenvalue weighted by molar-refractivity contribution is 5.85. The smallest absolute Gasteiger partial charge is 0.127 e. The summed E-state index contributed by atoms with van der Waals surface area (Å²) in [6, 6.07) is 8.94. The van der Waals surface area contributed by atoms with Gasteiger partial charge < -0.3 is 10.2 Å². The fourth-order valence-corrected chi connectivity index (χ4v) is 5.19. The fraction of sp³-hybridized carbons (Fsp3) is 0.576. The maximum Gasteiger partial charge on any atom is 0.127 e. The molecule has 0 spiro atoms. The first-order valence-electron chi connectivity index (χ1n) is 14.5. The van der Waals surface area contributed by atoms with E-state index >= 15 is 0 Å². The second-order valence-corrected chi connectivity index (χ2v) is 11.4. The SMILES string of the molecule is CCCCc1cc(C=NC2CCC(N=Cc3cc(CCCC)cc(C(C)C)c3O)C2)c(O)c(C(C)C)c1. The molecule has 2 atom stereocenters. The van der Waals surface area contributed by atoms with Crippen molar-refractivity contribution in [2.45, 2.75) is 123 Å². The maximum absolute atomic E-state index is 10.9. The number of phenolic OH excluding ortho intramolecular Hbond substituents is 2. The minimum atomic E-state index is 0.207. The van der Waals surface area contributed by atoms with E-state index in [2.05, 4.69) is 65.8 Å². The average Bonchev–Trinajstić information content (AvgIpc) is 3.33. The van der Waals surface area contributed by atoms with Gasteiger partial charge in [0.2, 0.25) is 0 Å². The monoisotopic (exact) mass is 504 g/mol. The van der Waals surface area contributed by atoms with Crippen LogP contribution in [0.3, 0.4) is 0 Å². The lowest BCUT2D eigenvalue weighted by molar-refractivity contribution is 0.463. The Kier molecular flexibility index (Phi) is 10.8. The summed E-state index contributed by atoms with van der Waals surface area (Å²) in [5, 5.41) is 21.7. The van der Waals surface area contributed by atoms with Crippen LogP contribution in [-0.2, 0) is 12.8 Å². The summed E-state index contributed by atoms with van der Waals surface area (Å²) in [7, 11) is 0. The average molecular weight is 505 g/mol. The molecule has 1 aliphatic carbocycles. The summed E-state index contributed by atoms with van der Waals surface area (Å²) in [5.74, 6) is 1.27. The molecule has 0 aliphatic heterocycles. The van der Waals surface area contributed by atoms with Crippen LogP contribution in [0.15, 0.2) is 34.3 Å². The normalized spacial score (nSPS) is 18.3. The quantitative estimate of drug-likeness (QED) is 0.285. The Morgan fingerprint density at radius 2 is 1.14 bits per heavy atom. The van der Waals surface area contributed by atoms with Gasteiger partial charge in [0.05, 0.1) is 12.1 Å². The number of aryl methyl sites for hydroxylation is 2. The molecule has 0 saturated heterocycles. The van der Waals surface area contributed by atoms with Gasteiger partial charge in [0.1, 0.15) is 11.5 Å². The molecule has 0 bridgehead atoms. The molecule has 1 fully saturated rings. The molecule has 2 aromatic carbocycles. The van der Waals surface area contributed by atoms with Crippen LogP contribution >= 0.6 is 0 Å². The van der Waals surface area contributed by atoms with Crippen molar-refractivity contribution in [1.82, 2.24) is 0 Å². The van der Waals surface area contributed by atoms with E-state index in [9.17, 15) is 10.2 Å². The molecular formula is C33H48N2O2. The van der Waals surface area contributed by atoms with E-state index in [0.717, 1.165) is 80.0 Å². The predicted octanol–water partition coefficient (Wildman–Crippen LogP) is 8.49. The van der Waals surface area contributed by atoms with Gasteiger partial charge in [0.25, 0.3) is 0 Å². The van der Waals surface area contributed by atoms with Gasteiger partial charge in [-0.05, 0) is 91.2 Å². The van der Waals surface area contributed by atoms with Gasteiger partial charge in [-0.2, -0.15) is 0 Å². The fourth-order valence-electron chi connectivity index (χ4n) is 5.19. The summed E-state index contributed by atoms with van der Waals surface area (Å²) in [6.07, 6.45) is 13.3. The van der Waals surface area contributed by atoms with Crippen molar-refractivity contribution >= 4 is 12.4 Å². The first-order valence-corrected chi connectivity index (χ1v) is 14.5. The number of nitrogens with zero attached hydrogens (tertiary/aromatic N) is 2. The van der Waals surface area contributed by atoms with Crippen LogP contribution in [0.1, 0.15) is 132 Å². The zero-order valence-electron chi connectivity index (χ0n) is 23.9. The van der Waals surface area contributed by atoms with E-state index < -0.39 is 0 Å². The van der Waals surface area contributed by atoms with E-state index in [1.54, 1.807) is 0 Å². The molecule has 37 heavy (non-hydrogen) atoms. The Morgan fingerprint density at radius 1 is 0.730 bits per heavy atom. The molecule has 2 unspecified atom stereocenters. The highest BCUT2D eigenvalue weighted by Gasteiger charge is 2.23. The van der Waals surface area contributed by atoms with Gasteiger partial charge in [-0.3, -0.25) is 9.98 Å². The highest BCUT2D eigenvalue weighted by atomic mass is 16.3. The molecule has 4 heteroatoms. The number of unbranched alkanes of at least 4 members (excludes halogenated alkanes) is 2. The van der Waals surface area contributed by atoms with Crippen molar-refractivity contribution in [3.63, 3.8) is 0 Å². The summed E-state index contributed by atoms with van der Waals surface area (Å²) in [4.78, 5) is 9.75. The van der Waals surface area contributed by atoms with Crippen LogP contribution < -0.4 is 0 Å². The van der Waals surface area contributed by atoms with Crippen molar-refractivity contribution in [1.29, 1.82) is 0 Å². The molecule has 1 aliphatic rings. The highest BCUT2D eigenvalue weighted by Crippen LogP contribution is 2.33. The van der Waals surface area contributed by atoms with Gasteiger partial charge in [-0.1, -0.05) is 66.5 Å². The van der Waals surface area contributed by atoms with Crippen molar-refractivity contribution in [2.75, 3.05) is 0 Å². The first-order chi connectivity index (χ1) is 17.7. The van der Waals surface area contributed by atoms with E-state index in [1.165, 1.54) is 11.1 Å². The number of hydrogen-bond donors (Lipinski definition) is 2. The van der Waals surface area contributed by atoms with E-state index in [0.29, 0.717) is 11.5 Å². The van der Waals surface area contributed by atoms with Crippen molar-refractivity contribution in [2.24, 2.45) is 9.98 Å². The van der Waals surface area contributed by atoms with Gasteiger partial charge in [-0.25, -0.2) is 0 Å². The number of rotatable bonds is 12. The third kappa shape index (κ3) is 7.93. The number of benzene rings is 2. The zero-order valence-corrected chi connectivity index (χ0v) is 23.9. The molecule has 1 saturated carbocycles. The van der Waals surface area contributed by atoms with E-state index in [-0.39, 0.29) is 23.9 Å². The van der Waals surface area contributed by atoms with Crippen molar-refractivity contribution in [3.8, 4) is 11.5 Å². The van der Waals surface area contributed by atoms with Crippen molar-refractivity contribution < 1.29 is 10.2 Å². The molecule has 0 amide bonds. The largest absolute Gasteiger partial charge is 0.507 e. The lowest BCUT2D eigenvalue weighted by Gasteiger charge is -2.14. The molecule has 0 heterocycles. The second kappa shape index (κ2) is 13.8. The lowest BCUT2D eigenvalue weighted by Crippen LogP contribution is -2.04. The Hall–Kier alpha value is -2.62. The molecule has 0 radical (unpaired) electrons. The first kappa shape index (κ1) is 28.9. The van der Waals surface area contributed by atoms with Gasteiger partial charge in [0, 0.05) is 23.6 Å². The van der Waals surface area contributed by atoms with Crippen LogP contribution in [0, 0.1) is 0 Å². The summed E-state index contributed by atoms with van der Waals surface area (Å²) >= 11 is 0. The third-order valence-corrected chi connectivity index (χ3v) is 7.57. The van der Waals surface area contributed by atoms with Crippen LogP contribution in [0.25, 0.3) is 0 Å². The van der Waals surface area contributed by atoms with Gasteiger partial charge in [-0.15, -0.1) is 0 Å². The number of aromatic hydroxyl groups is 2. The molecule has 2 N–H and O–H groups in total. The standard InChI is InChI=1S/C33H48N2O2/c1-7-9-11-24-15-26(32(36)30(17-24)22(3)4)20-34-28-13-14-29(19-28)35-21-27-16-25(12-10-8-2)18-31(23(5)6)33(27)37/h15-18,20-23,28-29,36-37H,7-14,19H2,1-6H3. The minimum absolute atomic E-state index is 0.207. The second-order valence-electron chi connectivity index (χ2n) is 11.4. The summed E-state index contributed by atoms with van der Waals surface area (Å²) < 4.78 is 0. The zero-order chi connectivity index (χ0) is 26.9. The molecule has 2 aromatic rings. The van der Waals surface area contributed by atoms with Crippen molar-refractivity contribution in [3.05, 3.63) is 57.6 Å². The topological polar surface area (TPSA) is 65.2 Å². The number of hydrogen-bond acceptors (Lipinski definition) is 4. The van der Waals surface area contributed by atoms with Crippen LogP contribution in [0.5, 0.6) is 11.5 Å². The van der Waals surface area contributed by atoms with Gasteiger partial charge >= 0.3 is 0 Å². The molecule has 202 valence electrons. The third-order valence-electron chi connectivity index (χ3n) is 7.57. The molecule has 4 nitrogen and oxygen atoms in total. The Bertz CT molecular complexity index is 999. The molecule has 3 rings (SSSR count). The number of phenols is 2. The molecule has 0 aromatic heterocycles. The maximum atomic E-state index is 10.9. The Morgan fingerprint density at radius 3 is 1.49 bits per heavy atom. The summed E-state index contributed by atoms with van der Waals surface area (Å²) in [5.41, 5.74) is 6.23. The van der Waals surface area contributed by atoms with Gasteiger partial charge in [0.15, 0.2) is 0 Å². The van der Waals surface area contributed by atoms with Crippen LogP contribution in [0.2, 0.25) is 0 Å². The van der Waals surface area contributed by atoms with Crippen LogP contribution in [-0.4, -0.2) is 34.7 Å². The lowest BCUT2D eigenvalue weighted by atomic mass is 9.94. The number of aliphatic imine (C=N–C) groups is 2. The van der Waals surface area contributed by atoms with Crippen LogP contribution in [0.4, 0.5) is 0 Å². The Balaban J connectivity index is 1.72. The molecular weight excluding hydrogens is 456 g/mol. The Labute approximate surface area is 225 Å². The van der Waals surface area contributed by atoms with E-state index in [4.69, 9.17) is 9.98 Å². The van der Waals surface area contributed by atoms with E-state index in [1.807, 2.05) is 12.4 Å². The predicted molar refractivity (Wildman–Crippen MR) is 158 cm³/mol. The summed E-state index contributed by atoms with van der Waals surface area (Å²) in [6.45, 7) is 12.9.